The van der Waals surface area contributed by atoms with Gasteiger partial charge in [-0.15, -0.1) is 0 Å². The maximum Gasteiger partial charge on any atom is 0.178 e. The summed E-state index contributed by atoms with van der Waals surface area (Å²) >= 11 is 0. The van der Waals surface area contributed by atoms with Crippen molar-refractivity contribution in [1.29, 1.82) is 0 Å². The van der Waals surface area contributed by atoms with Crippen molar-refractivity contribution < 1.29 is 4.74 Å². The van der Waals surface area contributed by atoms with Gasteiger partial charge in [-0.2, -0.15) is 0 Å². The Kier molecular flexibility index (Phi) is 1.56. The number of ether oxygens (including phenoxy) is 1. The highest BCUT2D eigenvalue weighted by Gasteiger charge is 2.05. The summed E-state index contributed by atoms with van der Waals surface area (Å²) in [4.78, 5) is 4.10. The number of hydrogen-bond donors (Lipinski definition) is 0. The van der Waals surface area contributed by atoms with Crippen LogP contribution in [0, 0.1) is 0 Å². The zero-order valence-corrected chi connectivity index (χ0v) is 6.06. The minimum atomic E-state index is 0.495. The number of allylic oxidation sites excluding steroid dienone is 2. The molecule has 0 bridgehead atoms. The molecule has 2 heteroatoms. The summed E-state index contributed by atoms with van der Waals surface area (Å²) in [7, 11) is 0. The van der Waals surface area contributed by atoms with Crippen molar-refractivity contribution >= 4 is 5.71 Å². The first kappa shape index (κ1) is 6.33. The van der Waals surface area contributed by atoms with E-state index >= 15 is 0 Å². The molecule has 0 N–H and O–H groups in total. The van der Waals surface area contributed by atoms with E-state index in [1.54, 1.807) is 0 Å². The van der Waals surface area contributed by atoms with Gasteiger partial charge in [-0.25, -0.2) is 0 Å². The van der Waals surface area contributed by atoms with Crippen LogP contribution in [-0.4, -0.2) is 12.4 Å². The molecular weight excluding hydrogens is 114 g/mol. The van der Waals surface area contributed by atoms with Gasteiger partial charge in [0.15, 0.2) is 6.73 Å². The van der Waals surface area contributed by atoms with Gasteiger partial charge in [0.2, 0.25) is 0 Å². The molecule has 1 rings (SSSR count). The molecule has 0 saturated heterocycles. The van der Waals surface area contributed by atoms with Gasteiger partial charge in [0.1, 0.15) is 5.76 Å². The molecule has 0 radical (unpaired) electrons. The fourth-order valence-corrected chi connectivity index (χ4v) is 0.708. The van der Waals surface area contributed by atoms with Gasteiger partial charge < -0.3 is 4.74 Å². The molecule has 0 unspecified atom stereocenters. The maximum atomic E-state index is 5.15. The Morgan fingerprint density at radius 2 is 2.00 bits per heavy atom. The van der Waals surface area contributed by atoms with Crippen LogP contribution in [0.15, 0.2) is 16.3 Å². The zero-order chi connectivity index (χ0) is 6.85. The molecule has 0 amide bonds. The Hall–Kier alpha value is -0.790. The highest BCUT2D eigenvalue weighted by molar-refractivity contribution is 5.98. The fraction of sp³-hybridized carbons (Fsp3) is 0.571. The Morgan fingerprint density at radius 1 is 1.33 bits per heavy atom. The average molecular weight is 125 g/mol. The number of rotatable bonds is 0. The first-order valence-corrected chi connectivity index (χ1v) is 3.03. The Morgan fingerprint density at radius 3 is 2.44 bits per heavy atom. The molecule has 1 aliphatic heterocycles. The third-order valence-electron chi connectivity index (χ3n) is 1.65. The maximum absolute atomic E-state index is 5.15. The monoisotopic (exact) mass is 125 g/mol. The van der Waals surface area contributed by atoms with E-state index in [0.717, 1.165) is 11.5 Å². The van der Waals surface area contributed by atoms with Crippen LogP contribution in [0.4, 0.5) is 0 Å². The van der Waals surface area contributed by atoms with Crippen molar-refractivity contribution in [1.82, 2.24) is 0 Å². The molecule has 0 saturated carbocycles. The lowest BCUT2D eigenvalue weighted by Gasteiger charge is -2.13. The van der Waals surface area contributed by atoms with Gasteiger partial charge in [-0.05, 0) is 20.8 Å². The Bertz CT molecular complexity index is 179. The molecule has 0 aliphatic carbocycles. The normalized spacial score (nSPS) is 19.2. The largest absolute Gasteiger partial charge is 0.476 e. The van der Waals surface area contributed by atoms with E-state index in [9.17, 15) is 0 Å². The molecule has 50 valence electrons. The molecule has 1 heterocycles. The number of hydrogen-bond acceptors (Lipinski definition) is 2. The third-order valence-corrected chi connectivity index (χ3v) is 1.65. The van der Waals surface area contributed by atoms with Crippen LogP contribution in [0.5, 0.6) is 0 Å². The minimum Gasteiger partial charge on any atom is -0.476 e. The van der Waals surface area contributed by atoms with E-state index in [1.165, 1.54) is 5.57 Å². The predicted molar refractivity (Wildman–Crippen MR) is 37.4 cm³/mol. The van der Waals surface area contributed by atoms with E-state index in [1.807, 2.05) is 20.8 Å². The highest BCUT2D eigenvalue weighted by Crippen LogP contribution is 2.11. The molecule has 0 spiro atoms. The zero-order valence-electron chi connectivity index (χ0n) is 6.06. The summed E-state index contributed by atoms with van der Waals surface area (Å²) in [5, 5.41) is 0. The molecule has 0 aromatic carbocycles. The second kappa shape index (κ2) is 2.21. The van der Waals surface area contributed by atoms with E-state index in [0.29, 0.717) is 6.73 Å². The second-order valence-electron chi connectivity index (χ2n) is 2.20. The Labute approximate surface area is 55.2 Å². The molecule has 2 nitrogen and oxygen atoms in total. The second-order valence-corrected chi connectivity index (χ2v) is 2.20. The summed E-state index contributed by atoms with van der Waals surface area (Å²) in [6, 6.07) is 0. The SMILES string of the molecule is CC1=NCOC(C)=C1C. The number of aliphatic imine (C=N–C) groups is 1. The van der Waals surface area contributed by atoms with Crippen molar-refractivity contribution in [3.05, 3.63) is 11.3 Å². The molecule has 0 aromatic rings. The molecule has 0 fully saturated rings. The first-order chi connectivity index (χ1) is 4.22. The molecule has 0 atom stereocenters. The fourth-order valence-electron chi connectivity index (χ4n) is 0.708. The van der Waals surface area contributed by atoms with Gasteiger partial charge in [0.05, 0.1) is 0 Å². The van der Waals surface area contributed by atoms with Crippen molar-refractivity contribution in [2.75, 3.05) is 6.73 Å². The number of nitrogens with zero attached hydrogens (tertiary/aromatic N) is 1. The molecule has 0 aromatic heterocycles. The van der Waals surface area contributed by atoms with Crippen LogP contribution in [0.3, 0.4) is 0 Å². The Balaban J connectivity index is 2.88. The smallest absolute Gasteiger partial charge is 0.178 e. The van der Waals surface area contributed by atoms with E-state index < -0.39 is 0 Å². The standard InChI is InChI=1S/C7H11NO/c1-5-6(2)8-4-9-7(5)3/h4H2,1-3H3. The molecule has 9 heavy (non-hydrogen) atoms. The van der Waals surface area contributed by atoms with Gasteiger partial charge in [-0.3, -0.25) is 4.99 Å². The van der Waals surface area contributed by atoms with Crippen LogP contribution < -0.4 is 0 Å². The van der Waals surface area contributed by atoms with Crippen LogP contribution in [0.2, 0.25) is 0 Å². The van der Waals surface area contributed by atoms with Gasteiger partial charge >= 0.3 is 0 Å². The predicted octanol–water partition coefficient (Wildman–Crippen LogP) is 1.73. The quantitative estimate of drug-likeness (QED) is 0.483. The van der Waals surface area contributed by atoms with E-state index in [2.05, 4.69) is 4.99 Å². The van der Waals surface area contributed by atoms with Crippen LogP contribution in [0.25, 0.3) is 0 Å². The summed E-state index contributed by atoms with van der Waals surface area (Å²) in [6.07, 6.45) is 0. The highest BCUT2D eigenvalue weighted by atomic mass is 16.5. The summed E-state index contributed by atoms with van der Waals surface area (Å²) in [5.41, 5.74) is 2.26. The minimum absolute atomic E-state index is 0.495. The van der Waals surface area contributed by atoms with Crippen molar-refractivity contribution in [3.8, 4) is 0 Å². The van der Waals surface area contributed by atoms with Crippen LogP contribution in [-0.2, 0) is 4.74 Å². The lowest BCUT2D eigenvalue weighted by atomic mass is 10.2. The molecule has 1 aliphatic rings. The van der Waals surface area contributed by atoms with Crippen molar-refractivity contribution in [3.63, 3.8) is 0 Å². The summed E-state index contributed by atoms with van der Waals surface area (Å²) < 4.78 is 5.15. The summed E-state index contributed by atoms with van der Waals surface area (Å²) in [5.74, 6) is 1.00. The van der Waals surface area contributed by atoms with E-state index in [-0.39, 0.29) is 0 Å². The first-order valence-electron chi connectivity index (χ1n) is 3.03. The summed E-state index contributed by atoms with van der Waals surface area (Å²) in [6.45, 7) is 6.48. The van der Waals surface area contributed by atoms with Crippen LogP contribution >= 0.6 is 0 Å². The lowest BCUT2D eigenvalue weighted by molar-refractivity contribution is 0.217. The average Bonchev–Trinajstić information content (AvgIpc) is 1.83. The van der Waals surface area contributed by atoms with Crippen LogP contribution in [0.1, 0.15) is 20.8 Å². The van der Waals surface area contributed by atoms with Gasteiger partial charge in [0, 0.05) is 11.3 Å². The van der Waals surface area contributed by atoms with Crippen molar-refractivity contribution in [2.24, 2.45) is 4.99 Å². The van der Waals surface area contributed by atoms with Gasteiger partial charge in [-0.1, -0.05) is 0 Å². The molecular formula is C7H11NO. The van der Waals surface area contributed by atoms with Gasteiger partial charge in [0.25, 0.3) is 0 Å². The lowest BCUT2D eigenvalue weighted by Crippen LogP contribution is -2.07. The van der Waals surface area contributed by atoms with Crippen molar-refractivity contribution in [2.45, 2.75) is 20.8 Å². The topological polar surface area (TPSA) is 21.6 Å². The third kappa shape index (κ3) is 1.12. The van der Waals surface area contributed by atoms with E-state index in [4.69, 9.17) is 4.74 Å².